The summed E-state index contributed by atoms with van der Waals surface area (Å²) in [6, 6.07) is 9.42. The summed E-state index contributed by atoms with van der Waals surface area (Å²) in [5.41, 5.74) is 8.69. The van der Waals surface area contributed by atoms with E-state index < -0.39 is 0 Å². The van der Waals surface area contributed by atoms with Crippen molar-refractivity contribution in [2.24, 2.45) is 11.1 Å². The molecule has 0 saturated heterocycles. The molecular weight excluding hydrogens is 232 g/mol. The zero-order valence-corrected chi connectivity index (χ0v) is 13.2. The van der Waals surface area contributed by atoms with Crippen molar-refractivity contribution in [1.29, 1.82) is 0 Å². The van der Waals surface area contributed by atoms with Crippen LogP contribution < -0.4 is 11.1 Å². The molecule has 0 aliphatic carbocycles. The van der Waals surface area contributed by atoms with Crippen molar-refractivity contribution in [3.8, 4) is 0 Å². The number of nitrogens with two attached hydrogens (primary N) is 1. The molecule has 1 rings (SSSR count). The lowest BCUT2D eigenvalue weighted by atomic mass is 9.77. The Balaban J connectivity index is 2.94. The largest absolute Gasteiger partial charge is 0.330 e. The summed E-state index contributed by atoms with van der Waals surface area (Å²) < 4.78 is 0. The summed E-state index contributed by atoms with van der Waals surface area (Å²) in [5, 5.41) is 3.45. The van der Waals surface area contributed by atoms with Crippen LogP contribution in [0.4, 0.5) is 0 Å². The minimum absolute atomic E-state index is 0.168. The van der Waals surface area contributed by atoms with Crippen LogP contribution in [0.3, 0.4) is 0 Å². The Hall–Kier alpha value is -0.860. The lowest BCUT2D eigenvalue weighted by molar-refractivity contribution is 0.239. The van der Waals surface area contributed by atoms with Gasteiger partial charge in [-0.2, -0.15) is 0 Å². The van der Waals surface area contributed by atoms with E-state index in [4.69, 9.17) is 5.73 Å². The van der Waals surface area contributed by atoms with Crippen molar-refractivity contribution < 1.29 is 0 Å². The first kappa shape index (κ1) is 16.2. The van der Waals surface area contributed by atoms with Gasteiger partial charge in [-0.1, -0.05) is 52.0 Å². The van der Waals surface area contributed by atoms with Crippen LogP contribution in [-0.4, -0.2) is 13.6 Å². The van der Waals surface area contributed by atoms with Crippen molar-refractivity contribution >= 4 is 0 Å². The highest BCUT2D eigenvalue weighted by atomic mass is 14.9. The zero-order chi connectivity index (χ0) is 14.5. The molecule has 0 amide bonds. The maximum Gasteiger partial charge on any atom is 0.0369 e. The van der Waals surface area contributed by atoms with Gasteiger partial charge in [0.05, 0.1) is 0 Å². The Morgan fingerprint density at radius 1 is 1.16 bits per heavy atom. The van der Waals surface area contributed by atoms with E-state index in [0.29, 0.717) is 12.0 Å². The summed E-state index contributed by atoms with van der Waals surface area (Å²) in [5.74, 6) is 0.638. The monoisotopic (exact) mass is 262 g/mol. The molecule has 0 aliphatic heterocycles. The Morgan fingerprint density at radius 2 is 1.68 bits per heavy atom. The maximum absolute atomic E-state index is 5.74. The quantitative estimate of drug-likeness (QED) is 0.783. The van der Waals surface area contributed by atoms with E-state index in [1.54, 1.807) is 0 Å². The number of nitrogens with one attached hydrogen (secondary N) is 1. The molecule has 19 heavy (non-hydrogen) atoms. The summed E-state index contributed by atoms with van der Waals surface area (Å²) in [6.07, 6.45) is 2.21. The number of rotatable bonds is 7. The number of hydrogen-bond donors (Lipinski definition) is 2. The fourth-order valence-corrected chi connectivity index (χ4v) is 2.78. The highest BCUT2D eigenvalue weighted by molar-refractivity contribution is 5.28. The van der Waals surface area contributed by atoms with E-state index in [-0.39, 0.29) is 5.41 Å². The van der Waals surface area contributed by atoms with Crippen LogP contribution in [0, 0.1) is 5.41 Å². The van der Waals surface area contributed by atoms with Crippen LogP contribution in [0.5, 0.6) is 0 Å². The van der Waals surface area contributed by atoms with Gasteiger partial charge in [0.2, 0.25) is 0 Å². The van der Waals surface area contributed by atoms with Crippen LogP contribution in [0.25, 0.3) is 0 Å². The van der Waals surface area contributed by atoms with Crippen LogP contribution in [0.2, 0.25) is 0 Å². The first-order valence-electron chi connectivity index (χ1n) is 7.43. The van der Waals surface area contributed by atoms with E-state index in [9.17, 15) is 0 Å². The molecule has 0 heterocycles. The minimum atomic E-state index is 0.168. The third-order valence-corrected chi connectivity index (χ3v) is 4.31. The molecule has 0 saturated carbocycles. The SMILES string of the molecule is CCC(C)c1ccc(C(NC)C(C)(C)CCN)cc1. The number of benzene rings is 1. The van der Waals surface area contributed by atoms with Gasteiger partial charge in [0.15, 0.2) is 0 Å². The van der Waals surface area contributed by atoms with Crippen molar-refractivity contribution in [3.63, 3.8) is 0 Å². The Bertz CT molecular complexity index is 367. The van der Waals surface area contributed by atoms with Crippen molar-refractivity contribution in [2.45, 2.75) is 52.5 Å². The summed E-state index contributed by atoms with van der Waals surface area (Å²) >= 11 is 0. The molecule has 0 bridgehead atoms. The standard InChI is InChI=1S/C17H30N2/c1-6-13(2)14-7-9-15(10-8-14)16(19-5)17(3,4)11-12-18/h7-10,13,16,19H,6,11-12,18H2,1-5H3. The van der Waals surface area contributed by atoms with E-state index in [1.165, 1.54) is 17.5 Å². The molecule has 2 atom stereocenters. The van der Waals surface area contributed by atoms with Gasteiger partial charge >= 0.3 is 0 Å². The van der Waals surface area contributed by atoms with Crippen LogP contribution >= 0.6 is 0 Å². The molecule has 2 heteroatoms. The molecule has 108 valence electrons. The van der Waals surface area contributed by atoms with Crippen LogP contribution in [0.15, 0.2) is 24.3 Å². The molecule has 0 spiro atoms. The molecular formula is C17H30N2. The molecule has 0 radical (unpaired) electrons. The second-order valence-electron chi connectivity index (χ2n) is 6.22. The maximum atomic E-state index is 5.74. The molecule has 1 aromatic rings. The summed E-state index contributed by atoms with van der Waals surface area (Å²) in [7, 11) is 2.03. The van der Waals surface area contributed by atoms with Crippen molar-refractivity contribution in [1.82, 2.24) is 5.32 Å². The number of hydrogen-bond acceptors (Lipinski definition) is 2. The van der Waals surface area contributed by atoms with Gasteiger partial charge in [-0.3, -0.25) is 0 Å². The Morgan fingerprint density at radius 3 is 2.11 bits per heavy atom. The van der Waals surface area contributed by atoms with Crippen LogP contribution in [0.1, 0.15) is 63.6 Å². The van der Waals surface area contributed by atoms with Gasteiger partial charge in [0.1, 0.15) is 0 Å². The van der Waals surface area contributed by atoms with Gasteiger partial charge < -0.3 is 11.1 Å². The summed E-state index contributed by atoms with van der Waals surface area (Å²) in [6.45, 7) is 9.81. The third-order valence-electron chi connectivity index (χ3n) is 4.31. The predicted octanol–water partition coefficient (Wildman–Crippen LogP) is 3.84. The summed E-state index contributed by atoms with van der Waals surface area (Å²) in [4.78, 5) is 0. The van der Waals surface area contributed by atoms with Gasteiger partial charge in [-0.05, 0) is 48.9 Å². The molecule has 2 unspecified atom stereocenters. The fourth-order valence-electron chi connectivity index (χ4n) is 2.78. The van der Waals surface area contributed by atoms with Crippen molar-refractivity contribution in [3.05, 3.63) is 35.4 Å². The van der Waals surface area contributed by atoms with E-state index in [0.717, 1.165) is 13.0 Å². The first-order valence-corrected chi connectivity index (χ1v) is 7.43. The fraction of sp³-hybridized carbons (Fsp3) is 0.647. The van der Waals surface area contributed by atoms with E-state index in [1.807, 2.05) is 7.05 Å². The molecule has 0 aromatic heterocycles. The van der Waals surface area contributed by atoms with Gasteiger partial charge in [0, 0.05) is 6.04 Å². The Kier molecular flexibility index (Phi) is 6.02. The molecule has 2 nitrogen and oxygen atoms in total. The predicted molar refractivity (Wildman–Crippen MR) is 84.4 cm³/mol. The average Bonchev–Trinajstić information content (AvgIpc) is 2.39. The highest BCUT2D eigenvalue weighted by Gasteiger charge is 2.28. The molecule has 0 fully saturated rings. The van der Waals surface area contributed by atoms with Gasteiger partial charge in [-0.15, -0.1) is 0 Å². The van der Waals surface area contributed by atoms with E-state index >= 15 is 0 Å². The molecule has 3 N–H and O–H groups in total. The van der Waals surface area contributed by atoms with Crippen LogP contribution in [-0.2, 0) is 0 Å². The molecule has 1 aromatic carbocycles. The van der Waals surface area contributed by atoms with Gasteiger partial charge in [-0.25, -0.2) is 0 Å². The second-order valence-corrected chi connectivity index (χ2v) is 6.22. The topological polar surface area (TPSA) is 38.0 Å². The van der Waals surface area contributed by atoms with Gasteiger partial charge in [0.25, 0.3) is 0 Å². The normalized spacial score (nSPS) is 15.3. The Labute approximate surface area is 118 Å². The minimum Gasteiger partial charge on any atom is -0.330 e. The van der Waals surface area contributed by atoms with E-state index in [2.05, 4.69) is 57.3 Å². The zero-order valence-electron chi connectivity index (χ0n) is 13.2. The molecule has 0 aliphatic rings. The van der Waals surface area contributed by atoms with Crippen molar-refractivity contribution in [2.75, 3.05) is 13.6 Å². The lowest BCUT2D eigenvalue weighted by Crippen LogP contribution is -2.33. The smallest absolute Gasteiger partial charge is 0.0369 e. The third kappa shape index (κ3) is 4.05. The second kappa shape index (κ2) is 7.06. The average molecular weight is 262 g/mol. The highest BCUT2D eigenvalue weighted by Crippen LogP contribution is 2.36. The lowest BCUT2D eigenvalue weighted by Gasteiger charge is -2.34. The first-order chi connectivity index (χ1) is 8.96.